The number of carbonyl (C=O) groups is 2. The van der Waals surface area contributed by atoms with Crippen LogP contribution in [0.4, 0.5) is 11.4 Å². The molecule has 1 aromatic carbocycles. The van der Waals surface area contributed by atoms with Crippen molar-refractivity contribution in [3.05, 3.63) is 24.3 Å². The lowest BCUT2D eigenvalue weighted by Gasteiger charge is -2.06. The predicted molar refractivity (Wildman–Crippen MR) is 64.7 cm³/mol. The Morgan fingerprint density at radius 2 is 1.50 bits per heavy atom. The van der Waals surface area contributed by atoms with Crippen LogP contribution in [-0.4, -0.2) is 17.7 Å². The molecule has 0 aliphatic rings. The lowest BCUT2D eigenvalue weighted by molar-refractivity contribution is -0.116. The summed E-state index contributed by atoms with van der Waals surface area (Å²) in [6.45, 7) is 1.78. The van der Waals surface area contributed by atoms with E-state index in [2.05, 4.69) is 10.6 Å². The van der Waals surface area contributed by atoms with Crippen molar-refractivity contribution < 1.29 is 9.59 Å². The minimum atomic E-state index is -0.257. The molecule has 0 aromatic heterocycles. The van der Waals surface area contributed by atoms with Gasteiger partial charge in [-0.25, -0.2) is 0 Å². The van der Waals surface area contributed by atoms with E-state index < -0.39 is 0 Å². The van der Waals surface area contributed by atoms with Gasteiger partial charge < -0.3 is 10.6 Å². The van der Waals surface area contributed by atoms with Gasteiger partial charge in [0.15, 0.2) is 0 Å². The highest BCUT2D eigenvalue weighted by atomic mass is 35.5. The number of amides is 2. The SMILES string of the molecule is CCC(=O)Nc1ccc(NC(=O)CCl)cc1. The van der Waals surface area contributed by atoms with Gasteiger partial charge in [0.25, 0.3) is 0 Å². The van der Waals surface area contributed by atoms with Gasteiger partial charge in [-0.15, -0.1) is 11.6 Å². The fourth-order valence-corrected chi connectivity index (χ4v) is 1.15. The van der Waals surface area contributed by atoms with Gasteiger partial charge >= 0.3 is 0 Å². The van der Waals surface area contributed by atoms with E-state index >= 15 is 0 Å². The van der Waals surface area contributed by atoms with Crippen molar-refractivity contribution in [3.63, 3.8) is 0 Å². The maximum atomic E-state index is 11.1. The number of benzene rings is 1. The fraction of sp³-hybridized carbons (Fsp3) is 0.273. The van der Waals surface area contributed by atoms with Crippen molar-refractivity contribution in [2.24, 2.45) is 0 Å². The Morgan fingerprint density at radius 3 is 1.88 bits per heavy atom. The molecule has 2 N–H and O–H groups in total. The van der Waals surface area contributed by atoms with Crippen LogP contribution in [0.3, 0.4) is 0 Å². The Hall–Kier alpha value is -1.55. The molecule has 86 valence electrons. The second-order valence-corrected chi connectivity index (χ2v) is 3.43. The molecule has 0 bridgehead atoms. The van der Waals surface area contributed by atoms with Crippen LogP contribution in [0.15, 0.2) is 24.3 Å². The zero-order valence-corrected chi connectivity index (χ0v) is 9.67. The number of halogens is 1. The normalized spacial score (nSPS) is 9.62. The van der Waals surface area contributed by atoms with Gasteiger partial charge in [-0.2, -0.15) is 0 Å². The maximum absolute atomic E-state index is 11.1. The molecule has 0 atom stereocenters. The monoisotopic (exact) mass is 240 g/mol. The van der Waals surface area contributed by atoms with Crippen LogP contribution in [0, 0.1) is 0 Å². The largest absolute Gasteiger partial charge is 0.326 e. The average molecular weight is 241 g/mol. The number of hydrogen-bond donors (Lipinski definition) is 2. The summed E-state index contributed by atoms with van der Waals surface area (Å²) in [7, 11) is 0. The van der Waals surface area contributed by atoms with Gasteiger partial charge in [0.1, 0.15) is 5.88 Å². The van der Waals surface area contributed by atoms with Gasteiger partial charge in [0.05, 0.1) is 0 Å². The van der Waals surface area contributed by atoms with Crippen molar-refractivity contribution in [1.82, 2.24) is 0 Å². The Bertz CT molecular complexity index is 339. The summed E-state index contributed by atoms with van der Waals surface area (Å²) in [5.74, 6) is -0.376. The van der Waals surface area contributed by atoms with E-state index in [-0.39, 0.29) is 17.7 Å². The van der Waals surface area contributed by atoms with Crippen LogP contribution in [0.1, 0.15) is 13.3 Å². The molecule has 5 heteroatoms. The molecule has 16 heavy (non-hydrogen) atoms. The average Bonchev–Trinajstić information content (AvgIpc) is 2.31. The highest BCUT2D eigenvalue weighted by Crippen LogP contribution is 2.13. The van der Waals surface area contributed by atoms with Crippen LogP contribution in [0.25, 0.3) is 0 Å². The fourth-order valence-electron chi connectivity index (χ4n) is 1.08. The summed E-state index contributed by atoms with van der Waals surface area (Å²) in [5, 5.41) is 5.31. The van der Waals surface area contributed by atoms with Gasteiger partial charge in [-0.05, 0) is 24.3 Å². The molecule has 2 amide bonds. The Kier molecular flexibility index (Phi) is 4.79. The lowest BCUT2D eigenvalue weighted by atomic mass is 10.2. The van der Waals surface area contributed by atoms with E-state index in [0.29, 0.717) is 17.8 Å². The molecular weight excluding hydrogens is 228 g/mol. The molecule has 0 saturated carbocycles. The molecule has 0 heterocycles. The molecule has 0 saturated heterocycles. The van der Waals surface area contributed by atoms with E-state index in [0.717, 1.165) is 0 Å². The zero-order valence-electron chi connectivity index (χ0n) is 8.92. The topological polar surface area (TPSA) is 58.2 Å². The molecule has 0 fully saturated rings. The van der Waals surface area contributed by atoms with Crippen LogP contribution in [0.2, 0.25) is 0 Å². The van der Waals surface area contributed by atoms with E-state index in [9.17, 15) is 9.59 Å². The molecule has 0 radical (unpaired) electrons. The van der Waals surface area contributed by atoms with Crippen LogP contribution >= 0.6 is 11.6 Å². The van der Waals surface area contributed by atoms with Crippen LogP contribution < -0.4 is 10.6 Å². The Morgan fingerprint density at radius 1 is 1.06 bits per heavy atom. The molecule has 0 unspecified atom stereocenters. The number of carbonyl (C=O) groups excluding carboxylic acids is 2. The maximum Gasteiger partial charge on any atom is 0.239 e. The number of anilines is 2. The van der Waals surface area contributed by atoms with E-state index in [1.54, 1.807) is 31.2 Å². The number of nitrogens with one attached hydrogen (secondary N) is 2. The second-order valence-electron chi connectivity index (χ2n) is 3.16. The van der Waals surface area contributed by atoms with Gasteiger partial charge in [-0.3, -0.25) is 9.59 Å². The third-order valence-electron chi connectivity index (χ3n) is 1.89. The highest BCUT2D eigenvalue weighted by Gasteiger charge is 2.01. The summed E-state index contributed by atoms with van der Waals surface area (Å²) in [6, 6.07) is 6.85. The molecule has 4 nitrogen and oxygen atoms in total. The van der Waals surface area contributed by atoms with Gasteiger partial charge in [-0.1, -0.05) is 6.92 Å². The minimum Gasteiger partial charge on any atom is -0.326 e. The van der Waals surface area contributed by atoms with Gasteiger partial charge in [0.2, 0.25) is 11.8 Å². The van der Waals surface area contributed by atoms with E-state index in [1.807, 2.05) is 0 Å². The molecular formula is C11H13ClN2O2. The predicted octanol–water partition coefficient (Wildman–Crippen LogP) is 2.21. The summed E-state index contributed by atoms with van der Waals surface area (Å²) in [6.07, 6.45) is 0.435. The van der Waals surface area contributed by atoms with Gasteiger partial charge in [0, 0.05) is 17.8 Å². The second kappa shape index (κ2) is 6.12. The minimum absolute atomic E-state index is 0.0439. The summed E-state index contributed by atoms with van der Waals surface area (Å²) < 4.78 is 0. The number of rotatable bonds is 4. The van der Waals surface area contributed by atoms with Crippen molar-refractivity contribution in [3.8, 4) is 0 Å². The number of hydrogen-bond acceptors (Lipinski definition) is 2. The third kappa shape index (κ3) is 3.90. The van der Waals surface area contributed by atoms with Crippen LogP contribution in [0.5, 0.6) is 0 Å². The van der Waals surface area contributed by atoms with Crippen molar-refractivity contribution in [2.75, 3.05) is 16.5 Å². The molecule has 1 aromatic rings. The number of alkyl halides is 1. The third-order valence-corrected chi connectivity index (χ3v) is 2.14. The first-order valence-corrected chi connectivity index (χ1v) is 5.45. The molecule has 0 spiro atoms. The van der Waals surface area contributed by atoms with E-state index in [4.69, 9.17) is 11.6 Å². The first kappa shape index (κ1) is 12.5. The quantitative estimate of drug-likeness (QED) is 0.793. The lowest BCUT2D eigenvalue weighted by Crippen LogP contribution is -2.13. The smallest absolute Gasteiger partial charge is 0.239 e. The van der Waals surface area contributed by atoms with Crippen molar-refractivity contribution in [2.45, 2.75) is 13.3 Å². The first-order valence-electron chi connectivity index (χ1n) is 4.91. The van der Waals surface area contributed by atoms with E-state index in [1.165, 1.54) is 0 Å². The van der Waals surface area contributed by atoms with Crippen molar-refractivity contribution >= 4 is 34.8 Å². The molecule has 0 aliphatic heterocycles. The highest BCUT2D eigenvalue weighted by molar-refractivity contribution is 6.29. The summed E-state index contributed by atoms with van der Waals surface area (Å²) in [5.41, 5.74) is 1.36. The zero-order chi connectivity index (χ0) is 12.0. The standard InChI is InChI=1S/C11H13ClN2O2/c1-2-10(15)13-8-3-5-9(6-4-8)14-11(16)7-12/h3-6H,2,7H2,1H3,(H,13,15)(H,14,16). The molecule has 1 rings (SSSR count). The van der Waals surface area contributed by atoms with Crippen molar-refractivity contribution in [1.29, 1.82) is 0 Å². The Balaban J connectivity index is 2.60. The summed E-state index contributed by atoms with van der Waals surface area (Å²) >= 11 is 5.35. The summed E-state index contributed by atoms with van der Waals surface area (Å²) in [4.78, 5) is 22.1. The van der Waals surface area contributed by atoms with Crippen LogP contribution in [-0.2, 0) is 9.59 Å². The molecule has 0 aliphatic carbocycles. The first-order chi connectivity index (χ1) is 7.65. The Labute approximate surface area is 99.0 Å².